The SMILES string of the molecule is O=C1CCCN1c1ccc(CNS(=O)(=O)c2cc(Br)ccc2F)cc1. The van der Waals surface area contributed by atoms with Crippen LogP contribution in [-0.4, -0.2) is 20.9 Å². The summed E-state index contributed by atoms with van der Waals surface area (Å²) in [6.45, 7) is 0.732. The van der Waals surface area contributed by atoms with Crippen molar-refractivity contribution in [1.29, 1.82) is 0 Å². The minimum absolute atomic E-state index is 0.0303. The summed E-state index contributed by atoms with van der Waals surface area (Å²) in [4.78, 5) is 13.0. The molecular formula is C17H16BrFN2O3S. The van der Waals surface area contributed by atoms with Crippen LogP contribution in [0.25, 0.3) is 0 Å². The molecule has 1 heterocycles. The predicted molar refractivity (Wildman–Crippen MR) is 96.2 cm³/mol. The number of benzene rings is 2. The maximum absolute atomic E-state index is 13.8. The molecule has 0 bridgehead atoms. The van der Waals surface area contributed by atoms with Gasteiger partial charge in [-0.15, -0.1) is 0 Å². The van der Waals surface area contributed by atoms with Gasteiger partial charge in [-0.1, -0.05) is 28.1 Å². The summed E-state index contributed by atoms with van der Waals surface area (Å²) in [5.74, 6) is -0.711. The van der Waals surface area contributed by atoms with Crippen LogP contribution in [0.4, 0.5) is 10.1 Å². The second kappa shape index (κ2) is 7.23. The maximum atomic E-state index is 13.8. The van der Waals surface area contributed by atoms with Crippen molar-refractivity contribution >= 4 is 37.5 Å². The first-order valence-electron chi connectivity index (χ1n) is 7.71. The minimum atomic E-state index is -3.97. The van der Waals surface area contributed by atoms with Crippen molar-refractivity contribution < 1.29 is 17.6 Å². The highest BCUT2D eigenvalue weighted by Crippen LogP contribution is 2.22. The summed E-state index contributed by atoms with van der Waals surface area (Å²) >= 11 is 3.14. The molecule has 0 aromatic heterocycles. The molecule has 132 valence electrons. The quantitative estimate of drug-likeness (QED) is 0.797. The van der Waals surface area contributed by atoms with Crippen LogP contribution in [0.15, 0.2) is 51.8 Å². The van der Waals surface area contributed by atoms with Gasteiger partial charge in [0.15, 0.2) is 0 Å². The molecule has 1 saturated heterocycles. The van der Waals surface area contributed by atoms with E-state index in [1.165, 1.54) is 12.1 Å². The fourth-order valence-corrected chi connectivity index (χ4v) is 4.29. The Labute approximate surface area is 154 Å². The summed E-state index contributed by atoms with van der Waals surface area (Å²) < 4.78 is 41.2. The first-order chi connectivity index (χ1) is 11.9. The molecule has 25 heavy (non-hydrogen) atoms. The van der Waals surface area contributed by atoms with E-state index < -0.39 is 20.7 Å². The second-order valence-electron chi connectivity index (χ2n) is 5.71. The third kappa shape index (κ3) is 4.08. The number of hydrogen-bond acceptors (Lipinski definition) is 3. The lowest BCUT2D eigenvalue weighted by Gasteiger charge is -2.16. The average molecular weight is 427 g/mol. The Morgan fingerprint density at radius 3 is 2.52 bits per heavy atom. The van der Waals surface area contributed by atoms with E-state index in [1.54, 1.807) is 29.2 Å². The van der Waals surface area contributed by atoms with Crippen molar-refractivity contribution in [2.75, 3.05) is 11.4 Å². The molecule has 1 amide bonds. The average Bonchev–Trinajstić information content (AvgIpc) is 3.02. The molecule has 0 radical (unpaired) electrons. The van der Waals surface area contributed by atoms with Crippen molar-refractivity contribution in [3.05, 3.63) is 58.3 Å². The number of anilines is 1. The third-order valence-electron chi connectivity index (χ3n) is 3.97. The van der Waals surface area contributed by atoms with Crippen LogP contribution in [0.5, 0.6) is 0 Å². The minimum Gasteiger partial charge on any atom is -0.312 e. The fraction of sp³-hybridized carbons (Fsp3) is 0.235. The van der Waals surface area contributed by atoms with Crippen LogP contribution in [0.1, 0.15) is 18.4 Å². The normalized spacial score (nSPS) is 15.0. The number of carbonyl (C=O) groups excluding carboxylic acids is 1. The molecule has 3 rings (SSSR count). The number of carbonyl (C=O) groups is 1. The Bertz CT molecular complexity index is 901. The van der Waals surface area contributed by atoms with E-state index in [0.29, 0.717) is 17.4 Å². The monoisotopic (exact) mass is 426 g/mol. The third-order valence-corrected chi connectivity index (χ3v) is 5.88. The van der Waals surface area contributed by atoms with Gasteiger partial charge in [0.05, 0.1) is 0 Å². The number of hydrogen-bond donors (Lipinski definition) is 1. The number of nitrogens with one attached hydrogen (secondary N) is 1. The van der Waals surface area contributed by atoms with Crippen LogP contribution in [0.3, 0.4) is 0 Å². The molecule has 2 aromatic rings. The molecular weight excluding hydrogens is 411 g/mol. The Morgan fingerprint density at radius 2 is 1.88 bits per heavy atom. The molecule has 1 aliphatic rings. The highest BCUT2D eigenvalue weighted by molar-refractivity contribution is 9.10. The molecule has 1 aliphatic heterocycles. The molecule has 1 fully saturated rings. The highest BCUT2D eigenvalue weighted by Gasteiger charge is 2.22. The summed E-state index contributed by atoms with van der Waals surface area (Å²) in [6.07, 6.45) is 1.40. The Kier molecular flexibility index (Phi) is 5.21. The van der Waals surface area contributed by atoms with E-state index in [1.807, 2.05) is 0 Å². The van der Waals surface area contributed by atoms with E-state index in [0.717, 1.165) is 23.7 Å². The molecule has 5 nitrogen and oxygen atoms in total. The van der Waals surface area contributed by atoms with Crippen LogP contribution in [-0.2, 0) is 21.4 Å². The van der Waals surface area contributed by atoms with Crippen LogP contribution in [0, 0.1) is 5.82 Å². The van der Waals surface area contributed by atoms with Crippen molar-refractivity contribution in [3.63, 3.8) is 0 Å². The summed E-state index contributed by atoms with van der Waals surface area (Å²) in [5, 5.41) is 0. The molecule has 0 atom stereocenters. The highest BCUT2D eigenvalue weighted by atomic mass is 79.9. The van der Waals surface area contributed by atoms with Crippen LogP contribution < -0.4 is 9.62 Å². The number of nitrogens with zero attached hydrogens (tertiary/aromatic N) is 1. The van der Waals surface area contributed by atoms with Gasteiger partial charge in [0.25, 0.3) is 0 Å². The smallest absolute Gasteiger partial charge is 0.243 e. The number of sulfonamides is 1. The van der Waals surface area contributed by atoms with Gasteiger partial charge in [-0.3, -0.25) is 4.79 Å². The van der Waals surface area contributed by atoms with Crippen LogP contribution in [0.2, 0.25) is 0 Å². The van der Waals surface area contributed by atoms with Gasteiger partial charge in [-0.25, -0.2) is 17.5 Å². The summed E-state index contributed by atoms with van der Waals surface area (Å²) in [5.41, 5.74) is 1.52. The standard InChI is InChI=1S/C17H16BrFN2O3S/c18-13-5-8-15(19)16(10-13)25(23,24)20-11-12-3-6-14(7-4-12)21-9-1-2-17(21)22/h3-8,10,20H,1-2,9,11H2. The van der Waals surface area contributed by atoms with Gasteiger partial charge in [0, 0.05) is 29.7 Å². The van der Waals surface area contributed by atoms with Crippen molar-refractivity contribution in [2.24, 2.45) is 0 Å². The zero-order chi connectivity index (χ0) is 18.0. The Balaban J connectivity index is 1.70. The van der Waals surface area contributed by atoms with Crippen molar-refractivity contribution in [3.8, 4) is 0 Å². The predicted octanol–water partition coefficient (Wildman–Crippen LogP) is 3.19. The van der Waals surface area contributed by atoms with Gasteiger partial charge < -0.3 is 4.90 Å². The second-order valence-corrected chi connectivity index (χ2v) is 8.37. The topological polar surface area (TPSA) is 66.5 Å². The lowest BCUT2D eigenvalue weighted by atomic mass is 10.2. The molecule has 2 aromatic carbocycles. The van der Waals surface area contributed by atoms with Gasteiger partial charge >= 0.3 is 0 Å². The molecule has 8 heteroatoms. The molecule has 0 unspecified atom stereocenters. The van der Waals surface area contributed by atoms with Crippen LogP contribution >= 0.6 is 15.9 Å². The number of rotatable bonds is 5. The molecule has 1 N–H and O–H groups in total. The first kappa shape index (κ1) is 18.0. The van der Waals surface area contributed by atoms with E-state index in [4.69, 9.17) is 0 Å². The summed E-state index contributed by atoms with van der Waals surface area (Å²) in [6, 6.07) is 10.8. The van der Waals surface area contributed by atoms with E-state index >= 15 is 0 Å². The van der Waals surface area contributed by atoms with Gasteiger partial charge in [0.2, 0.25) is 15.9 Å². The zero-order valence-corrected chi connectivity index (χ0v) is 15.6. The van der Waals surface area contributed by atoms with Gasteiger partial charge in [-0.2, -0.15) is 0 Å². The molecule has 0 aliphatic carbocycles. The van der Waals surface area contributed by atoms with E-state index in [-0.39, 0.29) is 12.5 Å². The van der Waals surface area contributed by atoms with Gasteiger partial charge in [-0.05, 0) is 42.3 Å². The summed E-state index contributed by atoms with van der Waals surface area (Å²) in [7, 11) is -3.97. The molecule has 0 spiro atoms. The lowest BCUT2D eigenvalue weighted by molar-refractivity contribution is -0.117. The zero-order valence-electron chi connectivity index (χ0n) is 13.2. The largest absolute Gasteiger partial charge is 0.312 e. The Morgan fingerprint density at radius 1 is 1.16 bits per heavy atom. The van der Waals surface area contributed by atoms with Crippen molar-refractivity contribution in [1.82, 2.24) is 4.72 Å². The molecule has 0 saturated carbocycles. The van der Waals surface area contributed by atoms with E-state index in [9.17, 15) is 17.6 Å². The first-order valence-corrected chi connectivity index (χ1v) is 9.98. The van der Waals surface area contributed by atoms with Gasteiger partial charge in [0.1, 0.15) is 10.7 Å². The number of halogens is 2. The van der Waals surface area contributed by atoms with Crippen molar-refractivity contribution in [2.45, 2.75) is 24.3 Å². The maximum Gasteiger partial charge on any atom is 0.243 e. The fourth-order valence-electron chi connectivity index (χ4n) is 2.65. The Hall–Kier alpha value is -1.77. The number of amides is 1. The van der Waals surface area contributed by atoms with E-state index in [2.05, 4.69) is 20.7 Å². The lowest BCUT2D eigenvalue weighted by Crippen LogP contribution is -2.25.